The van der Waals surface area contributed by atoms with Crippen molar-refractivity contribution in [2.75, 3.05) is 7.11 Å². The number of hydrogen-bond donors (Lipinski definition) is 0. The lowest BCUT2D eigenvalue weighted by Crippen LogP contribution is -2.36. The SMILES string of the molecule is C=CC[C@H]1[C@@H]2[C@@H](C(C)C)CCC(=O)[C@@]21C(=O)OC. The summed E-state index contributed by atoms with van der Waals surface area (Å²) in [5.74, 6) is 1.00. The average molecular weight is 250 g/mol. The molecule has 2 saturated carbocycles. The second-order valence-electron chi connectivity index (χ2n) is 5.89. The van der Waals surface area contributed by atoms with Gasteiger partial charge in [0.05, 0.1) is 7.11 Å². The van der Waals surface area contributed by atoms with Gasteiger partial charge >= 0.3 is 5.97 Å². The van der Waals surface area contributed by atoms with Crippen LogP contribution in [0.25, 0.3) is 0 Å². The number of fused-ring (bicyclic) bond motifs is 1. The van der Waals surface area contributed by atoms with Crippen molar-refractivity contribution >= 4 is 11.8 Å². The first kappa shape index (κ1) is 13.3. The fourth-order valence-electron chi connectivity index (χ4n) is 4.03. The normalized spacial score (nSPS) is 38.2. The quantitative estimate of drug-likeness (QED) is 0.437. The lowest BCUT2D eigenvalue weighted by Gasteiger charge is -2.28. The molecule has 2 fully saturated rings. The lowest BCUT2D eigenvalue weighted by atomic mass is 9.75. The summed E-state index contributed by atoms with van der Waals surface area (Å²) in [5, 5.41) is 0. The van der Waals surface area contributed by atoms with E-state index >= 15 is 0 Å². The minimum absolute atomic E-state index is 0.0862. The lowest BCUT2D eigenvalue weighted by molar-refractivity contribution is -0.154. The zero-order valence-corrected chi connectivity index (χ0v) is 11.4. The Kier molecular flexibility index (Phi) is 3.35. The third-order valence-electron chi connectivity index (χ3n) is 4.86. The molecular weight excluding hydrogens is 228 g/mol. The van der Waals surface area contributed by atoms with Crippen molar-refractivity contribution in [3.63, 3.8) is 0 Å². The van der Waals surface area contributed by atoms with Gasteiger partial charge in [0.25, 0.3) is 0 Å². The monoisotopic (exact) mass is 250 g/mol. The average Bonchev–Trinajstić information content (AvgIpc) is 3.00. The smallest absolute Gasteiger partial charge is 0.319 e. The van der Waals surface area contributed by atoms with Crippen molar-refractivity contribution in [1.82, 2.24) is 0 Å². The van der Waals surface area contributed by atoms with Crippen LogP contribution in [-0.2, 0) is 14.3 Å². The molecule has 2 rings (SSSR count). The van der Waals surface area contributed by atoms with E-state index in [1.54, 1.807) is 0 Å². The molecule has 2 aliphatic carbocycles. The number of hydrogen-bond acceptors (Lipinski definition) is 3. The Morgan fingerprint density at radius 2 is 2.28 bits per heavy atom. The molecule has 3 heteroatoms. The summed E-state index contributed by atoms with van der Waals surface area (Å²) < 4.78 is 4.92. The summed E-state index contributed by atoms with van der Waals surface area (Å²) in [6, 6.07) is 0. The third-order valence-corrected chi connectivity index (χ3v) is 4.86. The van der Waals surface area contributed by atoms with Gasteiger partial charge in [-0.05, 0) is 36.5 Å². The van der Waals surface area contributed by atoms with Crippen molar-refractivity contribution in [3.05, 3.63) is 12.7 Å². The number of rotatable bonds is 4. The van der Waals surface area contributed by atoms with Crippen molar-refractivity contribution < 1.29 is 14.3 Å². The number of allylic oxidation sites excluding steroid dienone is 1. The molecule has 0 unspecified atom stereocenters. The van der Waals surface area contributed by atoms with Gasteiger partial charge in [0.2, 0.25) is 0 Å². The second-order valence-corrected chi connectivity index (χ2v) is 5.89. The molecule has 0 radical (unpaired) electrons. The zero-order chi connectivity index (χ0) is 13.5. The molecule has 100 valence electrons. The molecule has 0 spiro atoms. The highest BCUT2D eigenvalue weighted by atomic mass is 16.5. The van der Waals surface area contributed by atoms with Crippen LogP contribution >= 0.6 is 0 Å². The van der Waals surface area contributed by atoms with E-state index in [1.165, 1.54) is 7.11 Å². The maximum absolute atomic E-state index is 12.3. The van der Waals surface area contributed by atoms with Crippen molar-refractivity contribution in [2.24, 2.45) is 29.1 Å². The Hall–Kier alpha value is -1.12. The van der Waals surface area contributed by atoms with Gasteiger partial charge in [0.1, 0.15) is 5.41 Å². The highest BCUT2D eigenvalue weighted by Crippen LogP contribution is 2.69. The number of ketones is 1. The molecule has 0 N–H and O–H groups in total. The zero-order valence-electron chi connectivity index (χ0n) is 11.4. The van der Waals surface area contributed by atoms with Gasteiger partial charge in [-0.25, -0.2) is 0 Å². The van der Waals surface area contributed by atoms with E-state index in [2.05, 4.69) is 20.4 Å². The predicted octanol–water partition coefficient (Wildman–Crippen LogP) is 2.60. The van der Waals surface area contributed by atoms with Crippen LogP contribution in [0.2, 0.25) is 0 Å². The van der Waals surface area contributed by atoms with Crippen LogP contribution in [0.5, 0.6) is 0 Å². The number of Topliss-reactive ketones (excluding diaryl/α,β-unsaturated/α-hetero) is 1. The standard InChI is InChI=1S/C15H22O3/c1-5-6-11-13-10(9(2)3)7-8-12(16)15(11,13)14(17)18-4/h5,9-11,13H,1,6-8H2,2-4H3/t10-,11+,13+,15-/m1/s1. The third kappa shape index (κ3) is 1.56. The first-order valence-corrected chi connectivity index (χ1v) is 6.74. The summed E-state index contributed by atoms with van der Waals surface area (Å²) in [6.07, 6.45) is 3.97. The molecule has 3 nitrogen and oxygen atoms in total. The van der Waals surface area contributed by atoms with E-state index in [0.717, 1.165) is 12.8 Å². The van der Waals surface area contributed by atoms with Gasteiger partial charge in [-0.3, -0.25) is 9.59 Å². The highest BCUT2D eigenvalue weighted by Gasteiger charge is 2.76. The summed E-state index contributed by atoms with van der Waals surface area (Å²) >= 11 is 0. The van der Waals surface area contributed by atoms with Crippen LogP contribution < -0.4 is 0 Å². The Morgan fingerprint density at radius 3 is 2.78 bits per heavy atom. The fourth-order valence-corrected chi connectivity index (χ4v) is 4.03. The van der Waals surface area contributed by atoms with Crippen molar-refractivity contribution in [2.45, 2.75) is 33.1 Å². The molecule has 0 saturated heterocycles. The Morgan fingerprint density at radius 1 is 1.61 bits per heavy atom. The van der Waals surface area contributed by atoms with Crippen LogP contribution in [0.4, 0.5) is 0 Å². The summed E-state index contributed by atoms with van der Waals surface area (Å²) in [6.45, 7) is 8.09. The van der Waals surface area contributed by atoms with E-state index in [0.29, 0.717) is 18.3 Å². The predicted molar refractivity (Wildman–Crippen MR) is 68.8 cm³/mol. The Balaban J connectivity index is 2.35. The maximum Gasteiger partial charge on any atom is 0.319 e. The number of ether oxygens (including phenoxy) is 1. The Labute approximate surface area is 109 Å². The van der Waals surface area contributed by atoms with E-state index < -0.39 is 5.41 Å². The van der Waals surface area contributed by atoms with Gasteiger partial charge < -0.3 is 4.74 Å². The van der Waals surface area contributed by atoms with Gasteiger partial charge in [-0.2, -0.15) is 0 Å². The van der Waals surface area contributed by atoms with Gasteiger partial charge in [-0.1, -0.05) is 19.9 Å². The van der Waals surface area contributed by atoms with Gasteiger partial charge in [0.15, 0.2) is 5.78 Å². The van der Waals surface area contributed by atoms with Gasteiger partial charge in [0, 0.05) is 6.42 Å². The molecule has 0 heterocycles. The summed E-state index contributed by atoms with van der Waals surface area (Å²) in [4.78, 5) is 24.4. The minimum atomic E-state index is -0.837. The molecule has 0 aromatic carbocycles. The largest absolute Gasteiger partial charge is 0.468 e. The summed E-state index contributed by atoms with van der Waals surface area (Å²) in [5.41, 5.74) is -0.837. The first-order valence-electron chi connectivity index (χ1n) is 6.74. The van der Waals surface area contributed by atoms with Crippen molar-refractivity contribution in [3.8, 4) is 0 Å². The molecule has 0 aromatic heterocycles. The van der Waals surface area contributed by atoms with E-state index in [-0.39, 0.29) is 23.6 Å². The molecule has 0 aliphatic heterocycles. The number of carbonyl (C=O) groups excluding carboxylic acids is 2. The van der Waals surface area contributed by atoms with E-state index in [1.807, 2.05) is 6.08 Å². The first-order chi connectivity index (χ1) is 8.51. The number of esters is 1. The van der Waals surface area contributed by atoms with Crippen LogP contribution in [0.15, 0.2) is 12.7 Å². The topological polar surface area (TPSA) is 43.4 Å². The molecule has 4 atom stereocenters. The highest BCUT2D eigenvalue weighted by molar-refractivity contribution is 6.08. The molecule has 0 amide bonds. The van der Waals surface area contributed by atoms with Crippen LogP contribution in [0, 0.1) is 29.1 Å². The molecule has 18 heavy (non-hydrogen) atoms. The van der Waals surface area contributed by atoms with Crippen LogP contribution in [-0.4, -0.2) is 18.9 Å². The Bertz CT molecular complexity index is 375. The van der Waals surface area contributed by atoms with E-state index in [9.17, 15) is 9.59 Å². The van der Waals surface area contributed by atoms with Crippen LogP contribution in [0.3, 0.4) is 0 Å². The molecule has 2 aliphatic rings. The van der Waals surface area contributed by atoms with E-state index in [4.69, 9.17) is 4.74 Å². The molecule has 0 aromatic rings. The minimum Gasteiger partial charge on any atom is -0.468 e. The van der Waals surface area contributed by atoms with Crippen molar-refractivity contribution in [1.29, 1.82) is 0 Å². The van der Waals surface area contributed by atoms with Crippen LogP contribution in [0.1, 0.15) is 33.1 Å². The van der Waals surface area contributed by atoms with Gasteiger partial charge in [-0.15, -0.1) is 6.58 Å². The number of methoxy groups -OCH3 is 1. The molecule has 0 bridgehead atoms. The maximum atomic E-state index is 12.3. The number of carbonyl (C=O) groups is 2. The second kappa shape index (κ2) is 4.52. The summed E-state index contributed by atoms with van der Waals surface area (Å²) in [7, 11) is 1.38. The molecular formula is C15H22O3. The fraction of sp³-hybridized carbons (Fsp3) is 0.733.